The van der Waals surface area contributed by atoms with Crippen LogP contribution in [0.3, 0.4) is 0 Å². The third kappa shape index (κ3) is 3.03. The predicted molar refractivity (Wildman–Crippen MR) is 65.0 cm³/mol. The SMILES string of the molecule is CCNC(c1ncc(C)cc1C)C(C)C. The van der Waals surface area contributed by atoms with Crippen LogP contribution in [0, 0.1) is 19.8 Å². The Morgan fingerprint density at radius 1 is 1.33 bits per heavy atom. The van der Waals surface area contributed by atoms with Crippen molar-refractivity contribution in [1.82, 2.24) is 10.3 Å². The number of hydrogen-bond acceptors (Lipinski definition) is 2. The molecule has 0 spiro atoms. The van der Waals surface area contributed by atoms with Crippen LogP contribution in [0.1, 0.15) is 43.6 Å². The molecule has 1 atom stereocenters. The zero-order valence-corrected chi connectivity index (χ0v) is 10.5. The maximum atomic E-state index is 4.56. The van der Waals surface area contributed by atoms with Gasteiger partial charge in [0.25, 0.3) is 0 Å². The molecule has 0 radical (unpaired) electrons. The van der Waals surface area contributed by atoms with Crippen molar-refractivity contribution in [3.63, 3.8) is 0 Å². The molecule has 0 aromatic carbocycles. The molecule has 2 heteroatoms. The van der Waals surface area contributed by atoms with E-state index in [1.165, 1.54) is 16.8 Å². The molecule has 1 heterocycles. The van der Waals surface area contributed by atoms with Gasteiger partial charge in [0.2, 0.25) is 0 Å². The van der Waals surface area contributed by atoms with Gasteiger partial charge in [0, 0.05) is 6.20 Å². The van der Waals surface area contributed by atoms with Gasteiger partial charge in [-0.15, -0.1) is 0 Å². The third-order valence-electron chi connectivity index (χ3n) is 2.64. The molecule has 1 unspecified atom stereocenters. The minimum Gasteiger partial charge on any atom is -0.309 e. The van der Waals surface area contributed by atoms with E-state index in [2.05, 4.69) is 51.0 Å². The van der Waals surface area contributed by atoms with Gasteiger partial charge in [-0.2, -0.15) is 0 Å². The lowest BCUT2D eigenvalue weighted by Crippen LogP contribution is -2.27. The van der Waals surface area contributed by atoms with E-state index >= 15 is 0 Å². The number of hydrogen-bond donors (Lipinski definition) is 1. The second-order valence-corrected chi connectivity index (χ2v) is 4.49. The Morgan fingerprint density at radius 2 is 2.00 bits per heavy atom. The smallest absolute Gasteiger partial charge is 0.0605 e. The number of aromatic nitrogens is 1. The Labute approximate surface area is 93.1 Å². The summed E-state index contributed by atoms with van der Waals surface area (Å²) in [6, 6.07) is 2.57. The first kappa shape index (κ1) is 12.2. The van der Waals surface area contributed by atoms with Crippen LogP contribution in [-0.2, 0) is 0 Å². The van der Waals surface area contributed by atoms with Crippen molar-refractivity contribution in [2.45, 2.75) is 40.7 Å². The molecule has 84 valence electrons. The Morgan fingerprint density at radius 3 is 2.47 bits per heavy atom. The highest BCUT2D eigenvalue weighted by Crippen LogP contribution is 2.22. The molecular weight excluding hydrogens is 184 g/mol. The largest absolute Gasteiger partial charge is 0.309 e. The lowest BCUT2D eigenvalue weighted by Gasteiger charge is -2.23. The van der Waals surface area contributed by atoms with Crippen LogP contribution in [0.4, 0.5) is 0 Å². The summed E-state index contributed by atoms with van der Waals surface area (Å²) in [5, 5.41) is 3.50. The molecule has 1 N–H and O–H groups in total. The maximum absolute atomic E-state index is 4.56. The Balaban J connectivity index is 3.00. The molecule has 0 saturated carbocycles. The van der Waals surface area contributed by atoms with E-state index in [9.17, 15) is 0 Å². The first-order valence-corrected chi connectivity index (χ1v) is 5.72. The Bertz CT molecular complexity index is 318. The van der Waals surface area contributed by atoms with Gasteiger partial charge in [-0.05, 0) is 37.4 Å². The summed E-state index contributed by atoms with van der Waals surface area (Å²) >= 11 is 0. The second kappa shape index (κ2) is 5.26. The summed E-state index contributed by atoms with van der Waals surface area (Å²) < 4.78 is 0. The Kier molecular flexibility index (Phi) is 4.28. The summed E-state index contributed by atoms with van der Waals surface area (Å²) in [6.45, 7) is 11.8. The number of nitrogens with one attached hydrogen (secondary N) is 1. The van der Waals surface area contributed by atoms with Crippen LogP contribution in [0.2, 0.25) is 0 Å². The highest BCUT2D eigenvalue weighted by molar-refractivity contribution is 5.25. The highest BCUT2D eigenvalue weighted by atomic mass is 14.9. The summed E-state index contributed by atoms with van der Waals surface area (Å²) in [5.74, 6) is 0.568. The molecular formula is C13H22N2. The Hall–Kier alpha value is -0.890. The van der Waals surface area contributed by atoms with E-state index in [-0.39, 0.29) is 0 Å². The number of aryl methyl sites for hydroxylation is 2. The summed E-state index contributed by atoms with van der Waals surface area (Å²) in [6.07, 6.45) is 1.95. The van der Waals surface area contributed by atoms with Gasteiger partial charge in [-0.25, -0.2) is 0 Å². The van der Waals surface area contributed by atoms with E-state index in [4.69, 9.17) is 0 Å². The molecule has 0 bridgehead atoms. The number of rotatable bonds is 4. The fourth-order valence-electron chi connectivity index (χ4n) is 1.92. The van der Waals surface area contributed by atoms with E-state index in [1.807, 2.05) is 6.20 Å². The molecule has 0 fully saturated rings. The first-order chi connectivity index (χ1) is 7.06. The zero-order chi connectivity index (χ0) is 11.4. The van der Waals surface area contributed by atoms with Crippen molar-refractivity contribution >= 4 is 0 Å². The van der Waals surface area contributed by atoms with Gasteiger partial charge in [0.05, 0.1) is 11.7 Å². The molecule has 0 aliphatic heterocycles. The van der Waals surface area contributed by atoms with Crippen LogP contribution in [0.5, 0.6) is 0 Å². The van der Waals surface area contributed by atoms with Crippen LogP contribution >= 0.6 is 0 Å². The van der Waals surface area contributed by atoms with E-state index in [0.29, 0.717) is 12.0 Å². The van der Waals surface area contributed by atoms with Gasteiger partial charge in [0.1, 0.15) is 0 Å². The average molecular weight is 206 g/mol. The minimum atomic E-state index is 0.371. The standard InChI is InChI=1S/C13H22N2/c1-6-14-12(9(2)3)13-11(5)7-10(4)8-15-13/h7-9,12,14H,6H2,1-5H3. The van der Waals surface area contributed by atoms with Crippen molar-refractivity contribution in [1.29, 1.82) is 0 Å². The summed E-state index contributed by atoms with van der Waals surface area (Å²) in [5.41, 5.74) is 3.71. The van der Waals surface area contributed by atoms with Gasteiger partial charge in [-0.1, -0.05) is 26.8 Å². The molecule has 1 aromatic rings. The lowest BCUT2D eigenvalue weighted by atomic mass is 9.97. The molecule has 0 saturated heterocycles. The van der Waals surface area contributed by atoms with Crippen LogP contribution < -0.4 is 5.32 Å². The normalized spacial score (nSPS) is 13.2. The fraction of sp³-hybridized carbons (Fsp3) is 0.615. The van der Waals surface area contributed by atoms with E-state index in [0.717, 1.165) is 6.54 Å². The predicted octanol–water partition coefficient (Wildman–Crippen LogP) is 3.01. The van der Waals surface area contributed by atoms with Crippen LogP contribution in [0.15, 0.2) is 12.3 Å². The monoisotopic (exact) mass is 206 g/mol. The molecule has 15 heavy (non-hydrogen) atoms. The highest BCUT2D eigenvalue weighted by Gasteiger charge is 2.17. The first-order valence-electron chi connectivity index (χ1n) is 5.72. The number of pyridine rings is 1. The quantitative estimate of drug-likeness (QED) is 0.819. The van der Waals surface area contributed by atoms with Gasteiger partial charge in [0.15, 0.2) is 0 Å². The minimum absolute atomic E-state index is 0.371. The molecule has 1 aromatic heterocycles. The average Bonchev–Trinajstić information content (AvgIpc) is 2.15. The van der Waals surface area contributed by atoms with E-state index in [1.54, 1.807) is 0 Å². The molecule has 0 amide bonds. The van der Waals surface area contributed by atoms with E-state index < -0.39 is 0 Å². The van der Waals surface area contributed by atoms with Crippen LogP contribution in [-0.4, -0.2) is 11.5 Å². The van der Waals surface area contributed by atoms with Crippen molar-refractivity contribution in [2.24, 2.45) is 5.92 Å². The molecule has 0 aliphatic carbocycles. The van der Waals surface area contributed by atoms with Crippen molar-refractivity contribution in [3.8, 4) is 0 Å². The molecule has 2 nitrogen and oxygen atoms in total. The summed E-state index contributed by atoms with van der Waals surface area (Å²) in [4.78, 5) is 4.56. The summed E-state index contributed by atoms with van der Waals surface area (Å²) in [7, 11) is 0. The fourth-order valence-corrected chi connectivity index (χ4v) is 1.92. The zero-order valence-electron chi connectivity index (χ0n) is 10.5. The second-order valence-electron chi connectivity index (χ2n) is 4.49. The number of nitrogens with zero attached hydrogens (tertiary/aromatic N) is 1. The van der Waals surface area contributed by atoms with Crippen LogP contribution in [0.25, 0.3) is 0 Å². The lowest BCUT2D eigenvalue weighted by molar-refractivity contribution is 0.411. The maximum Gasteiger partial charge on any atom is 0.0605 e. The van der Waals surface area contributed by atoms with Crippen molar-refractivity contribution in [2.75, 3.05) is 6.54 Å². The molecule has 0 aliphatic rings. The van der Waals surface area contributed by atoms with Crippen molar-refractivity contribution < 1.29 is 0 Å². The van der Waals surface area contributed by atoms with Crippen molar-refractivity contribution in [3.05, 3.63) is 29.1 Å². The molecule has 1 rings (SSSR count). The topological polar surface area (TPSA) is 24.9 Å². The van der Waals surface area contributed by atoms with Gasteiger partial charge < -0.3 is 5.32 Å². The third-order valence-corrected chi connectivity index (χ3v) is 2.64. The van der Waals surface area contributed by atoms with Gasteiger partial charge in [-0.3, -0.25) is 4.98 Å². The van der Waals surface area contributed by atoms with Gasteiger partial charge >= 0.3 is 0 Å².